The van der Waals surface area contributed by atoms with Crippen LogP contribution in [0, 0.1) is 0 Å². The van der Waals surface area contributed by atoms with E-state index >= 15 is 0 Å². The fraction of sp³-hybridized carbons (Fsp3) is 0.125. The molecule has 0 saturated carbocycles. The van der Waals surface area contributed by atoms with Crippen LogP contribution in [-0.4, -0.2) is 24.3 Å². The Kier molecular flexibility index (Phi) is 6.54. The molecule has 0 aliphatic carbocycles. The first-order valence-electron chi connectivity index (χ1n) is 6.12. The monoisotopic (exact) mass is 272 g/mol. The van der Waals surface area contributed by atoms with Crippen LogP contribution in [0.5, 0.6) is 11.5 Å². The maximum absolute atomic E-state index is 10.2. The summed E-state index contributed by atoms with van der Waals surface area (Å²) in [7, 11) is 0. The van der Waals surface area contributed by atoms with Gasteiger partial charge in [-0.1, -0.05) is 12.1 Å². The van der Waals surface area contributed by atoms with E-state index in [1.165, 1.54) is 6.07 Å². The number of aromatic hydroxyl groups is 1. The number of ether oxygens (including phenoxy) is 1. The number of carbonyl (C=O) groups excluding carboxylic acids is 2. The Morgan fingerprint density at radius 2 is 1.65 bits per heavy atom. The molecule has 0 fully saturated rings. The summed E-state index contributed by atoms with van der Waals surface area (Å²) in [4.78, 5) is 20.3. The van der Waals surface area contributed by atoms with Gasteiger partial charge >= 0.3 is 0 Å². The van der Waals surface area contributed by atoms with Gasteiger partial charge in [0.05, 0.1) is 12.2 Å². The van der Waals surface area contributed by atoms with Crippen molar-refractivity contribution in [1.29, 1.82) is 0 Å². The van der Waals surface area contributed by atoms with Crippen LogP contribution >= 0.6 is 0 Å². The quantitative estimate of drug-likeness (QED) is 0.869. The van der Waals surface area contributed by atoms with Crippen molar-refractivity contribution in [2.75, 3.05) is 6.61 Å². The summed E-state index contributed by atoms with van der Waals surface area (Å²) in [6.07, 6.45) is 1.44. The topological polar surface area (TPSA) is 63.6 Å². The smallest absolute Gasteiger partial charge is 0.153 e. The van der Waals surface area contributed by atoms with Crippen molar-refractivity contribution in [3.63, 3.8) is 0 Å². The lowest BCUT2D eigenvalue weighted by atomic mass is 10.2. The molecule has 20 heavy (non-hydrogen) atoms. The van der Waals surface area contributed by atoms with Crippen molar-refractivity contribution >= 4 is 12.6 Å². The van der Waals surface area contributed by atoms with Crippen LogP contribution in [0.4, 0.5) is 0 Å². The Hall–Kier alpha value is -2.62. The van der Waals surface area contributed by atoms with Crippen LogP contribution in [0.25, 0.3) is 0 Å². The second kappa shape index (κ2) is 8.48. The molecule has 0 saturated heterocycles. The van der Waals surface area contributed by atoms with Gasteiger partial charge in [-0.25, -0.2) is 0 Å². The van der Waals surface area contributed by atoms with E-state index in [1.807, 2.05) is 6.92 Å². The van der Waals surface area contributed by atoms with E-state index < -0.39 is 0 Å². The Labute approximate surface area is 117 Å². The molecule has 0 radical (unpaired) electrons. The molecule has 1 N–H and O–H groups in total. The van der Waals surface area contributed by atoms with Crippen molar-refractivity contribution in [1.82, 2.24) is 0 Å². The second-order valence-electron chi connectivity index (χ2n) is 3.80. The van der Waals surface area contributed by atoms with Gasteiger partial charge in [-0.3, -0.25) is 9.59 Å². The molecule has 0 aromatic heterocycles. The number of hydrogen-bond donors (Lipinski definition) is 1. The van der Waals surface area contributed by atoms with Gasteiger partial charge in [0.2, 0.25) is 0 Å². The molecule has 0 aliphatic rings. The third kappa shape index (κ3) is 4.94. The van der Waals surface area contributed by atoms with E-state index in [0.29, 0.717) is 24.0 Å². The van der Waals surface area contributed by atoms with Gasteiger partial charge in [-0.05, 0) is 43.3 Å². The van der Waals surface area contributed by atoms with Crippen LogP contribution in [0.15, 0.2) is 48.5 Å². The molecule has 0 unspecified atom stereocenters. The fourth-order valence-electron chi connectivity index (χ4n) is 1.40. The highest BCUT2D eigenvalue weighted by Crippen LogP contribution is 2.11. The first-order valence-corrected chi connectivity index (χ1v) is 6.12. The first-order chi connectivity index (χ1) is 9.71. The maximum atomic E-state index is 10.2. The largest absolute Gasteiger partial charge is 0.507 e. The Morgan fingerprint density at radius 1 is 1.00 bits per heavy atom. The summed E-state index contributed by atoms with van der Waals surface area (Å²) < 4.78 is 5.19. The molecule has 0 aliphatic heterocycles. The number of aldehydes is 2. The van der Waals surface area contributed by atoms with E-state index in [2.05, 4.69) is 0 Å². The summed E-state index contributed by atoms with van der Waals surface area (Å²) in [6, 6.07) is 13.4. The predicted molar refractivity (Wildman–Crippen MR) is 76.5 cm³/mol. The molecular formula is C16H16O4. The number of phenols is 1. The van der Waals surface area contributed by atoms with Gasteiger partial charge in [0.1, 0.15) is 17.8 Å². The molecule has 0 bridgehead atoms. The zero-order chi connectivity index (χ0) is 14.8. The van der Waals surface area contributed by atoms with E-state index in [4.69, 9.17) is 9.84 Å². The number of phenolic OH excluding ortho intramolecular Hbond substituents is 1. The fourth-order valence-corrected chi connectivity index (χ4v) is 1.40. The van der Waals surface area contributed by atoms with Crippen molar-refractivity contribution in [3.8, 4) is 11.5 Å². The number of para-hydroxylation sites is 1. The molecule has 0 spiro atoms. The highest BCUT2D eigenvalue weighted by Gasteiger charge is 1.93. The number of benzene rings is 2. The summed E-state index contributed by atoms with van der Waals surface area (Å²) in [6.45, 7) is 2.58. The summed E-state index contributed by atoms with van der Waals surface area (Å²) in [5, 5.41) is 8.88. The van der Waals surface area contributed by atoms with Crippen LogP contribution in [-0.2, 0) is 0 Å². The average molecular weight is 272 g/mol. The molecular weight excluding hydrogens is 256 g/mol. The Balaban J connectivity index is 0.000000204. The minimum absolute atomic E-state index is 0.0347. The standard InChI is InChI=1S/C9H10O2.C7H6O2/c1-2-11-9-5-3-8(7-10)4-6-9;8-5-6-3-1-2-4-7(6)9/h3-7H,2H2,1H3;1-5,9H. The number of rotatable bonds is 4. The highest BCUT2D eigenvalue weighted by molar-refractivity contribution is 5.78. The molecule has 4 nitrogen and oxygen atoms in total. The predicted octanol–water partition coefficient (Wildman–Crippen LogP) is 3.10. The molecule has 104 valence electrons. The van der Waals surface area contributed by atoms with E-state index in [9.17, 15) is 9.59 Å². The van der Waals surface area contributed by atoms with Crippen LogP contribution in [0.2, 0.25) is 0 Å². The normalized spacial score (nSPS) is 9.05. The molecule has 0 amide bonds. The molecule has 2 rings (SSSR count). The molecule has 4 heteroatoms. The van der Waals surface area contributed by atoms with Crippen molar-refractivity contribution in [3.05, 3.63) is 59.7 Å². The van der Waals surface area contributed by atoms with Crippen molar-refractivity contribution < 1.29 is 19.4 Å². The zero-order valence-electron chi connectivity index (χ0n) is 11.2. The van der Waals surface area contributed by atoms with Crippen molar-refractivity contribution in [2.24, 2.45) is 0 Å². The van der Waals surface area contributed by atoms with Gasteiger partial charge in [0, 0.05) is 5.56 Å². The summed E-state index contributed by atoms with van der Waals surface area (Å²) in [5.74, 6) is 0.839. The van der Waals surface area contributed by atoms with Gasteiger partial charge < -0.3 is 9.84 Å². The lowest BCUT2D eigenvalue weighted by Crippen LogP contribution is -1.90. The molecule has 0 heterocycles. The van der Waals surface area contributed by atoms with Crippen LogP contribution < -0.4 is 4.74 Å². The Bertz CT molecular complexity index is 547. The minimum atomic E-state index is 0.0347. The first kappa shape index (κ1) is 15.4. The second-order valence-corrected chi connectivity index (χ2v) is 3.80. The lowest BCUT2D eigenvalue weighted by molar-refractivity contribution is 0.111. The zero-order valence-corrected chi connectivity index (χ0v) is 11.2. The number of hydrogen-bond acceptors (Lipinski definition) is 4. The van der Waals surface area contributed by atoms with E-state index in [-0.39, 0.29) is 5.75 Å². The SMILES string of the molecule is CCOc1ccc(C=O)cc1.O=Cc1ccccc1O. The lowest BCUT2D eigenvalue weighted by Gasteiger charge is -2.00. The van der Waals surface area contributed by atoms with Gasteiger partial charge in [0.25, 0.3) is 0 Å². The summed E-state index contributed by atoms with van der Waals surface area (Å²) in [5.41, 5.74) is 1.01. The third-order valence-corrected chi connectivity index (χ3v) is 2.39. The van der Waals surface area contributed by atoms with Gasteiger partial charge in [-0.2, -0.15) is 0 Å². The van der Waals surface area contributed by atoms with Crippen LogP contribution in [0.1, 0.15) is 27.6 Å². The molecule has 2 aromatic carbocycles. The Morgan fingerprint density at radius 3 is 2.10 bits per heavy atom. The summed E-state index contributed by atoms with van der Waals surface area (Å²) >= 11 is 0. The maximum Gasteiger partial charge on any atom is 0.153 e. The van der Waals surface area contributed by atoms with Crippen molar-refractivity contribution in [2.45, 2.75) is 6.92 Å². The minimum Gasteiger partial charge on any atom is -0.507 e. The van der Waals surface area contributed by atoms with E-state index in [0.717, 1.165) is 12.0 Å². The highest BCUT2D eigenvalue weighted by atomic mass is 16.5. The third-order valence-electron chi connectivity index (χ3n) is 2.39. The average Bonchev–Trinajstić information content (AvgIpc) is 2.49. The van der Waals surface area contributed by atoms with Gasteiger partial charge in [-0.15, -0.1) is 0 Å². The number of carbonyl (C=O) groups is 2. The van der Waals surface area contributed by atoms with Crippen LogP contribution in [0.3, 0.4) is 0 Å². The molecule has 0 atom stereocenters. The van der Waals surface area contributed by atoms with Gasteiger partial charge in [0.15, 0.2) is 6.29 Å². The van der Waals surface area contributed by atoms with E-state index in [1.54, 1.807) is 42.5 Å². The molecule has 2 aromatic rings.